The zero-order valence-corrected chi connectivity index (χ0v) is 17.5. The molecule has 0 aliphatic heterocycles. The number of rotatable bonds is 7. The summed E-state index contributed by atoms with van der Waals surface area (Å²) in [4.78, 5) is 15.8. The fourth-order valence-corrected chi connectivity index (χ4v) is 4.92. The second kappa shape index (κ2) is 8.87. The Hall–Kier alpha value is -1.88. The van der Waals surface area contributed by atoms with Crippen molar-refractivity contribution in [3.8, 4) is 0 Å². The maximum atomic E-state index is 12.9. The van der Waals surface area contributed by atoms with Crippen LogP contribution in [0.1, 0.15) is 40.7 Å². The van der Waals surface area contributed by atoms with Crippen molar-refractivity contribution in [3.63, 3.8) is 0 Å². The maximum Gasteiger partial charge on any atom is 0.262 e. The summed E-state index contributed by atoms with van der Waals surface area (Å²) in [6, 6.07) is 16.6. The number of hydrogen-bond acceptors (Lipinski definition) is 3. The lowest BCUT2D eigenvalue weighted by Gasteiger charge is -2.30. The number of halogens is 1. The van der Waals surface area contributed by atoms with Gasteiger partial charge in [0.05, 0.1) is 11.1 Å². The summed E-state index contributed by atoms with van der Waals surface area (Å²) in [7, 11) is 0. The van der Waals surface area contributed by atoms with Gasteiger partial charge >= 0.3 is 0 Å². The van der Waals surface area contributed by atoms with Crippen LogP contribution in [0.25, 0.3) is 10.1 Å². The lowest BCUT2D eigenvalue weighted by molar-refractivity contribution is 0.0939. The van der Waals surface area contributed by atoms with E-state index in [4.69, 9.17) is 11.6 Å². The molecule has 27 heavy (non-hydrogen) atoms. The van der Waals surface area contributed by atoms with E-state index in [0.29, 0.717) is 16.4 Å². The fraction of sp³-hybridized carbons (Fsp3) is 0.318. The number of nitrogens with one attached hydrogen (secondary N) is 1. The van der Waals surface area contributed by atoms with Gasteiger partial charge in [0.2, 0.25) is 0 Å². The summed E-state index contributed by atoms with van der Waals surface area (Å²) in [5.41, 5.74) is 2.37. The number of aryl methyl sites for hydroxylation is 1. The van der Waals surface area contributed by atoms with E-state index in [-0.39, 0.29) is 11.9 Å². The predicted octanol–water partition coefficient (Wildman–Crippen LogP) is 5.68. The third-order valence-electron chi connectivity index (χ3n) is 4.88. The van der Waals surface area contributed by atoms with E-state index in [2.05, 4.69) is 42.3 Å². The van der Waals surface area contributed by atoms with Gasteiger partial charge < -0.3 is 5.32 Å². The van der Waals surface area contributed by atoms with Crippen LogP contribution in [0, 0.1) is 6.92 Å². The van der Waals surface area contributed by atoms with Crippen molar-refractivity contribution >= 4 is 38.9 Å². The molecule has 1 atom stereocenters. The zero-order chi connectivity index (χ0) is 19.4. The summed E-state index contributed by atoms with van der Waals surface area (Å²) in [5, 5.41) is 4.60. The average molecular weight is 401 g/mol. The minimum atomic E-state index is -0.105. The lowest BCUT2D eigenvalue weighted by atomic mass is 10.1. The Morgan fingerprint density at radius 3 is 2.52 bits per heavy atom. The minimum absolute atomic E-state index is 0.105. The molecule has 3 rings (SSSR count). The number of likely N-dealkylation sites (N-methyl/N-ethyl adjacent to an activating group) is 1. The molecule has 1 unspecified atom stereocenters. The highest BCUT2D eigenvalue weighted by Gasteiger charge is 2.21. The molecular weight excluding hydrogens is 376 g/mol. The lowest BCUT2D eigenvalue weighted by Crippen LogP contribution is -2.38. The molecule has 3 aromatic rings. The van der Waals surface area contributed by atoms with E-state index in [1.807, 2.05) is 37.3 Å². The predicted molar refractivity (Wildman–Crippen MR) is 116 cm³/mol. The summed E-state index contributed by atoms with van der Waals surface area (Å²) < 4.78 is 1.05. The van der Waals surface area contributed by atoms with Crippen LogP contribution in [-0.2, 0) is 0 Å². The van der Waals surface area contributed by atoms with Crippen molar-refractivity contribution in [1.29, 1.82) is 0 Å². The molecule has 2 aromatic carbocycles. The fourth-order valence-electron chi connectivity index (χ4n) is 3.39. The summed E-state index contributed by atoms with van der Waals surface area (Å²) in [6.45, 7) is 8.73. The number of carbonyl (C=O) groups excluding carboxylic acids is 1. The van der Waals surface area contributed by atoms with Gasteiger partial charge in [-0.05, 0) is 37.2 Å². The van der Waals surface area contributed by atoms with Crippen LogP contribution >= 0.6 is 22.9 Å². The van der Waals surface area contributed by atoms with E-state index in [9.17, 15) is 4.79 Å². The molecule has 0 saturated heterocycles. The minimum Gasteiger partial charge on any atom is -0.349 e. The molecule has 0 spiro atoms. The van der Waals surface area contributed by atoms with Crippen molar-refractivity contribution in [2.75, 3.05) is 19.6 Å². The van der Waals surface area contributed by atoms with Crippen molar-refractivity contribution in [2.24, 2.45) is 0 Å². The van der Waals surface area contributed by atoms with Crippen LogP contribution < -0.4 is 5.32 Å². The van der Waals surface area contributed by atoms with Crippen LogP contribution in [0.4, 0.5) is 0 Å². The molecule has 0 saturated carbocycles. The van der Waals surface area contributed by atoms with Gasteiger partial charge in [-0.1, -0.05) is 67.9 Å². The first-order valence-electron chi connectivity index (χ1n) is 9.31. The molecule has 1 amide bonds. The molecule has 0 radical (unpaired) electrons. The Morgan fingerprint density at radius 2 is 1.85 bits per heavy atom. The Kier molecular flexibility index (Phi) is 6.53. The van der Waals surface area contributed by atoms with Crippen LogP contribution in [0.15, 0.2) is 48.5 Å². The number of fused-ring (bicyclic) bond motifs is 1. The number of benzene rings is 2. The highest BCUT2D eigenvalue weighted by Crippen LogP contribution is 2.35. The second-order valence-corrected chi connectivity index (χ2v) is 8.03. The Labute approximate surface area is 170 Å². The summed E-state index contributed by atoms with van der Waals surface area (Å²) >= 11 is 7.95. The Morgan fingerprint density at radius 1 is 1.15 bits per heavy atom. The van der Waals surface area contributed by atoms with Crippen molar-refractivity contribution in [3.05, 3.63) is 69.6 Å². The van der Waals surface area contributed by atoms with Gasteiger partial charge in [-0.25, -0.2) is 0 Å². The zero-order valence-electron chi connectivity index (χ0n) is 16.0. The van der Waals surface area contributed by atoms with E-state index >= 15 is 0 Å². The molecule has 1 aromatic heterocycles. The molecule has 142 valence electrons. The molecule has 0 fully saturated rings. The maximum absolute atomic E-state index is 12.9. The molecule has 1 heterocycles. The molecular formula is C22H25ClN2OS. The van der Waals surface area contributed by atoms with Gasteiger partial charge in [0, 0.05) is 16.6 Å². The van der Waals surface area contributed by atoms with Crippen LogP contribution in [0.5, 0.6) is 0 Å². The quantitative estimate of drug-likeness (QED) is 0.553. The number of amides is 1. The van der Waals surface area contributed by atoms with E-state index in [1.54, 1.807) is 0 Å². The number of nitrogens with zero attached hydrogens (tertiary/aromatic N) is 1. The van der Waals surface area contributed by atoms with Gasteiger partial charge in [-0.2, -0.15) is 0 Å². The SMILES string of the molecule is CCN(CC)C(CNC(=O)c1sc2cc(C)ccc2c1Cl)c1ccccc1. The van der Waals surface area contributed by atoms with Gasteiger partial charge in [-0.3, -0.25) is 9.69 Å². The largest absolute Gasteiger partial charge is 0.349 e. The van der Waals surface area contributed by atoms with Gasteiger partial charge in [0.15, 0.2) is 0 Å². The first kappa shape index (κ1) is 19.9. The Bertz CT molecular complexity index is 919. The van der Waals surface area contributed by atoms with Crippen molar-refractivity contribution in [1.82, 2.24) is 10.2 Å². The second-order valence-electron chi connectivity index (χ2n) is 6.60. The van der Waals surface area contributed by atoms with Crippen LogP contribution in [0.2, 0.25) is 5.02 Å². The van der Waals surface area contributed by atoms with Crippen molar-refractivity contribution < 1.29 is 4.79 Å². The smallest absolute Gasteiger partial charge is 0.262 e. The molecule has 0 aliphatic carbocycles. The Balaban J connectivity index is 1.81. The van der Waals surface area contributed by atoms with Crippen LogP contribution in [0.3, 0.4) is 0 Å². The molecule has 3 nitrogen and oxygen atoms in total. The topological polar surface area (TPSA) is 32.3 Å². The van der Waals surface area contributed by atoms with Crippen LogP contribution in [-0.4, -0.2) is 30.4 Å². The molecule has 1 N–H and O–H groups in total. The standard InChI is InChI=1S/C22H25ClN2OS/c1-4-25(5-2)18(16-9-7-6-8-10-16)14-24-22(26)21-20(23)17-12-11-15(3)13-19(17)27-21/h6-13,18H,4-5,14H2,1-3H3,(H,24,26). The molecule has 5 heteroatoms. The average Bonchev–Trinajstić information content (AvgIpc) is 3.01. The van der Waals surface area contributed by atoms with E-state index in [1.165, 1.54) is 16.9 Å². The first-order chi connectivity index (χ1) is 13.0. The summed E-state index contributed by atoms with van der Waals surface area (Å²) in [6.07, 6.45) is 0. The molecule has 0 bridgehead atoms. The van der Waals surface area contributed by atoms with Crippen molar-refractivity contribution in [2.45, 2.75) is 26.8 Å². The van der Waals surface area contributed by atoms with Gasteiger partial charge in [0.1, 0.15) is 4.88 Å². The van der Waals surface area contributed by atoms with Gasteiger partial charge in [0.25, 0.3) is 5.91 Å². The van der Waals surface area contributed by atoms with E-state index < -0.39 is 0 Å². The number of hydrogen-bond donors (Lipinski definition) is 1. The summed E-state index contributed by atoms with van der Waals surface area (Å²) in [5.74, 6) is -0.105. The number of thiophene rings is 1. The number of carbonyl (C=O) groups is 1. The monoisotopic (exact) mass is 400 g/mol. The highest BCUT2D eigenvalue weighted by atomic mass is 35.5. The highest BCUT2D eigenvalue weighted by molar-refractivity contribution is 7.21. The molecule has 0 aliphatic rings. The normalized spacial score (nSPS) is 12.5. The third-order valence-corrected chi connectivity index (χ3v) is 6.54. The third kappa shape index (κ3) is 4.34. The van der Waals surface area contributed by atoms with Gasteiger partial charge in [-0.15, -0.1) is 11.3 Å². The van der Waals surface area contributed by atoms with E-state index in [0.717, 1.165) is 28.7 Å². The first-order valence-corrected chi connectivity index (χ1v) is 10.5.